The lowest BCUT2D eigenvalue weighted by Crippen LogP contribution is -2.34. The Labute approximate surface area is 177 Å². The van der Waals surface area contributed by atoms with Crippen molar-refractivity contribution in [3.8, 4) is 17.2 Å². The van der Waals surface area contributed by atoms with E-state index in [9.17, 15) is 22.8 Å². The predicted octanol–water partition coefficient (Wildman–Crippen LogP) is 4.09. The first-order valence-electron chi connectivity index (χ1n) is 9.43. The van der Waals surface area contributed by atoms with E-state index in [1.165, 1.54) is 19.2 Å². The van der Waals surface area contributed by atoms with Gasteiger partial charge >= 0.3 is 6.36 Å². The van der Waals surface area contributed by atoms with E-state index < -0.39 is 23.9 Å². The zero-order valence-corrected chi connectivity index (χ0v) is 17.3. The van der Waals surface area contributed by atoms with Crippen molar-refractivity contribution in [1.82, 2.24) is 4.90 Å². The lowest BCUT2D eigenvalue weighted by atomic mass is 10.2. The number of carbonyl (C=O) groups excluding carboxylic acids is 2. The lowest BCUT2D eigenvalue weighted by Gasteiger charge is -2.18. The van der Waals surface area contributed by atoms with Gasteiger partial charge in [-0.3, -0.25) is 9.59 Å². The van der Waals surface area contributed by atoms with Crippen molar-refractivity contribution in [3.63, 3.8) is 0 Å². The van der Waals surface area contributed by atoms with Gasteiger partial charge in [0.15, 0.2) is 11.5 Å². The molecule has 0 radical (unpaired) electrons. The molecule has 0 heterocycles. The number of benzene rings is 2. The molecule has 0 aliphatic carbocycles. The number of ether oxygens (including phenoxy) is 3. The Kier molecular flexibility index (Phi) is 8.12. The fraction of sp³-hybridized carbons (Fsp3) is 0.333. The van der Waals surface area contributed by atoms with Crippen LogP contribution in [0.2, 0.25) is 0 Å². The minimum atomic E-state index is -4.82. The Balaban J connectivity index is 1.98. The van der Waals surface area contributed by atoms with Crippen LogP contribution in [0, 0.1) is 0 Å². The molecule has 0 saturated carbocycles. The second-order valence-corrected chi connectivity index (χ2v) is 6.31. The fourth-order valence-electron chi connectivity index (χ4n) is 2.64. The van der Waals surface area contributed by atoms with Crippen LogP contribution in [0.15, 0.2) is 42.5 Å². The van der Waals surface area contributed by atoms with Crippen LogP contribution in [-0.2, 0) is 4.79 Å². The van der Waals surface area contributed by atoms with Crippen molar-refractivity contribution in [2.45, 2.75) is 20.2 Å². The first-order valence-corrected chi connectivity index (χ1v) is 9.43. The minimum Gasteiger partial charge on any atom is -0.490 e. The molecule has 31 heavy (non-hydrogen) atoms. The Bertz CT molecular complexity index is 901. The highest BCUT2D eigenvalue weighted by molar-refractivity contribution is 5.99. The van der Waals surface area contributed by atoms with Crippen LogP contribution in [0.1, 0.15) is 24.2 Å². The van der Waals surface area contributed by atoms with Crippen LogP contribution < -0.4 is 19.5 Å². The van der Waals surface area contributed by atoms with Crippen LogP contribution in [0.25, 0.3) is 0 Å². The van der Waals surface area contributed by atoms with Gasteiger partial charge in [0.25, 0.3) is 5.91 Å². The van der Waals surface area contributed by atoms with Crippen LogP contribution in [-0.4, -0.2) is 49.9 Å². The van der Waals surface area contributed by atoms with Gasteiger partial charge in [-0.25, -0.2) is 0 Å². The maximum atomic E-state index is 12.4. The Hall–Kier alpha value is -3.43. The van der Waals surface area contributed by atoms with E-state index in [-0.39, 0.29) is 12.1 Å². The third kappa shape index (κ3) is 7.40. The van der Waals surface area contributed by atoms with E-state index in [0.717, 1.165) is 17.0 Å². The smallest absolute Gasteiger partial charge is 0.490 e. The van der Waals surface area contributed by atoms with Crippen LogP contribution in [0.4, 0.5) is 18.9 Å². The SMILES string of the molecule is CCOc1ccc(NC(=O)CN(C)C(=O)c2ccc(OC(F)(F)F)cc2)cc1OCC. The molecule has 7 nitrogen and oxygen atoms in total. The summed E-state index contributed by atoms with van der Waals surface area (Å²) in [5.41, 5.74) is 0.580. The molecule has 2 amide bonds. The predicted molar refractivity (Wildman–Crippen MR) is 107 cm³/mol. The lowest BCUT2D eigenvalue weighted by molar-refractivity contribution is -0.274. The van der Waals surface area contributed by atoms with Crippen molar-refractivity contribution in [1.29, 1.82) is 0 Å². The van der Waals surface area contributed by atoms with E-state index in [1.807, 2.05) is 13.8 Å². The summed E-state index contributed by atoms with van der Waals surface area (Å²) in [7, 11) is 1.41. The van der Waals surface area contributed by atoms with E-state index >= 15 is 0 Å². The fourth-order valence-corrected chi connectivity index (χ4v) is 2.64. The van der Waals surface area contributed by atoms with Gasteiger partial charge in [-0.05, 0) is 50.2 Å². The summed E-state index contributed by atoms with van der Waals surface area (Å²) in [5, 5.41) is 2.67. The highest BCUT2D eigenvalue weighted by atomic mass is 19.4. The molecule has 168 valence electrons. The van der Waals surface area contributed by atoms with Gasteiger partial charge in [0.2, 0.25) is 5.91 Å². The normalized spacial score (nSPS) is 10.9. The third-order valence-corrected chi connectivity index (χ3v) is 3.89. The summed E-state index contributed by atoms with van der Waals surface area (Å²) in [4.78, 5) is 25.9. The number of likely N-dealkylation sites (N-methyl/N-ethyl adjacent to an activating group) is 1. The molecule has 0 spiro atoms. The molecule has 0 fully saturated rings. The molecular weight excluding hydrogens is 417 g/mol. The Morgan fingerprint density at radius 3 is 2.16 bits per heavy atom. The van der Waals surface area contributed by atoms with Crippen LogP contribution >= 0.6 is 0 Å². The molecule has 0 aromatic heterocycles. The van der Waals surface area contributed by atoms with Gasteiger partial charge in [0.1, 0.15) is 5.75 Å². The summed E-state index contributed by atoms with van der Waals surface area (Å²) in [5.74, 6) is -0.403. The van der Waals surface area contributed by atoms with Gasteiger partial charge < -0.3 is 24.4 Å². The number of anilines is 1. The van der Waals surface area contributed by atoms with Crippen LogP contribution in [0.5, 0.6) is 17.2 Å². The number of hydrogen-bond acceptors (Lipinski definition) is 5. The second kappa shape index (κ2) is 10.6. The zero-order valence-electron chi connectivity index (χ0n) is 17.3. The third-order valence-electron chi connectivity index (χ3n) is 3.89. The molecule has 0 atom stereocenters. The van der Waals surface area contributed by atoms with Gasteiger partial charge in [-0.2, -0.15) is 0 Å². The number of halogens is 3. The summed E-state index contributed by atoms with van der Waals surface area (Å²) in [6, 6.07) is 9.38. The molecule has 0 aliphatic heterocycles. The second-order valence-electron chi connectivity index (χ2n) is 6.31. The van der Waals surface area contributed by atoms with E-state index in [2.05, 4.69) is 10.1 Å². The molecule has 0 aliphatic rings. The van der Waals surface area contributed by atoms with Gasteiger partial charge in [0.05, 0.1) is 19.8 Å². The number of hydrogen-bond donors (Lipinski definition) is 1. The molecule has 10 heteroatoms. The highest BCUT2D eigenvalue weighted by Crippen LogP contribution is 2.30. The molecule has 1 N–H and O–H groups in total. The van der Waals surface area contributed by atoms with Gasteiger partial charge in [0, 0.05) is 24.4 Å². The minimum absolute atomic E-state index is 0.115. The number of amides is 2. The van der Waals surface area contributed by atoms with E-state index in [0.29, 0.717) is 30.4 Å². The molecule has 2 aromatic carbocycles. The highest BCUT2D eigenvalue weighted by Gasteiger charge is 2.31. The topological polar surface area (TPSA) is 77.1 Å². The Morgan fingerprint density at radius 1 is 0.968 bits per heavy atom. The number of nitrogens with zero attached hydrogens (tertiary/aromatic N) is 1. The number of alkyl halides is 3. The number of carbonyl (C=O) groups is 2. The monoisotopic (exact) mass is 440 g/mol. The largest absolute Gasteiger partial charge is 0.573 e. The van der Waals surface area contributed by atoms with Gasteiger partial charge in [-0.1, -0.05) is 0 Å². The van der Waals surface area contributed by atoms with Crippen LogP contribution in [0.3, 0.4) is 0 Å². The summed E-state index contributed by atoms with van der Waals surface area (Å²) >= 11 is 0. The molecule has 2 rings (SSSR count). The van der Waals surface area contributed by atoms with Crippen molar-refractivity contribution in [2.75, 3.05) is 32.1 Å². The molecule has 0 saturated heterocycles. The molecule has 2 aromatic rings. The summed E-state index contributed by atoms with van der Waals surface area (Å²) < 4.78 is 51.4. The molecule has 0 unspecified atom stereocenters. The Morgan fingerprint density at radius 2 is 1.58 bits per heavy atom. The quantitative estimate of drug-likeness (QED) is 0.636. The van der Waals surface area contributed by atoms with Crippen molar-refractivity contribution in [2.24, 2.45) is 0 Å². The number of rotatable bonds is 9. The van der Waals surface area contributed by atoms with Gasteiger partial charge in [-0.15, -0.1) is 13.2 Å². The maximum Gasteiger partial charge on any atom is 0.573 e. The summed E-state index contributed by atoms with van der Waals surface area (Å²) in [6.07, 6.45) is -4.82. The average molecular weight is 440 g/mol. The van der Waals surface area contributed by atoms with Crippen molar-refractivity contribution in [3.05, 3.63) is 48.0 Å². The summed E-state index contributed by atoms with van der Waals surface area (Å²) in [6.45, 7) is 4.28. The number of nitrogens with one attached hydrogen (secondary N) is 1. The van der Waals surface area contributed by atoms with Crippen molar-refractivity contribution >= 4 is 17.5 Å². The van der Waals surface area contributed by atoms with Crippen molar-refractivity contribution < 1.29 is 37.0 Å². The standard InChI is InChI=1S/C21H23F3N2O5/c1-4-29-17-11-8-15(12-18(17)30-5-2)25-19(27)13-26(3)20(28)14-6-9-16(10-7-14)31-21(22,23)24/h6-12H,4-5,13H2,1-3H3,(H,25,27). The maximum absolute atomic E-state index is 12.4. The molecule has 0 bridgehead atoms. The molecular formula is C21H23F3N2O5. The zero-order chi connectivity index (χ0) is 23.0. The van der Waals surface area contributed by atoms with E-state index in [1.54, 1.807) is 18.2 Å². The first kappa shape index (κ1) is 23.8. The first-order chi connectivity index (χ1) is 14.6. The van der Waals surface area contributed by atoms with E-state index in [4.69, 9.17) is 9.47 Å². The average Bonchev–Trinajstić information content (AvgIpc) is 2.69.